The van der Waals surface area contributed by atoms with Gasteiger partial charge in [-0.3, -0.25) is 9.69 Å². The first-order valence-corrected chi connectivity index (χ1v) is 9.17. The first-order chi connectivity index (χ1) is 12.2. The summed E-state index contributed by atoms with van der Waals surface area (Å²) in [7, 11) is 0. The average Bonchev–Trinajstić information content (AvgIpc) is 3.36. The van der Waals surface area contributed by atoms with Crippen LogP contribution in [0.4, 0.5) is 0 Å². The molecule has 0 saturated carbocycles. The molecule has 0 radical (unpaired) electrons. The smallest absolute Gasteiger partial charge is 0.270 e. The fourth-order valence-electron chi connectivity index (χ4n) is 2.79. The van der Waals surface area contributed by atoms with Crippen LogP contribution in [-0.2, 0) is 6.54 Å². The molecule has 0 aromatic carbocycles. The molecule has 25 heavy (non-hydrogen) atoms. The summed E-state index contributed by atoms with van der Waals surface area (Å²) >= 11 is 7.44. The summed E-state index contributed by atoms with van der Waals surface area (Å²) in [6.45, 7) is 3.47. The number of aromatic amines is 1. The molecule has 0 aliphatic carbocycles. The number of amides is 1. The van der Waals surface area contributed by atoms with Gasteiger partial charge in [-0.25, -0.2) is 0 Å². The van der Waals surface area contributed by atoms with Crippen molar-refractivity contribution in [3.05, 3.63) is 46.3 Å². The Morgan fingerprint density at radius 3 is 2.88 bits per heavy atom. The second kappa shape index (κ2) is 6.99. The lowest BCUT2D eigenvalue weighted by Crippen LogP contribution is -2.48. The number of hydrogen-bond donors (Lipinski definition) is 1. The van der Waals surface area contributed by atoms with E-state index in [-0.39, 0.29) is 5.91 Å². The summed E-state index contributed by atoms with van der Waals surface area (Å²) in [5.41, 5.74) is 0.525. The lowest BCUT2D eigenvalue weighted by Gasteiger charge is -2.33. The predicted molar refractivity (Wildman–Crippen MR) is 94.6 cm³/mol. The molecule has 0 spiro atoms. The Morgan fingerprint density at radius 2 is 2.20 bits per heavy atom. The van der Waals surface area contributed by atoms with Gasteiger partial charge in [0.1, 0.15) is 5.69 Å². The molecule has 1 fully saturated rings. The minimum Gasteiger partial charge on any atom is -0.356 e. The SMILES string of the molecule is O=C(c1cc(Cl)c[nH]1)N1CCN(Cc2noc(-c3cccs3)n2)CC1. The Kier molecular flexibility index (Phi) is 4.56. The summed E-state index contributed by atoms with van der Waals surface area (Å²) in [4.78, 5) is 24.7. The van der Waals surface area contributed by atoms with Gasteiger partial charge in [0.2, 0.25) is 0 Å². The average molecular weight is 378 g/mol. The molecule has 4 rings (SSSR count). The van der Waals surface area contributed by atoms with E-state index in [4.69, 9.17) is 16.1 Å². The van der Waals surface area contributed by atoms with Crippen LogP contribution in [0.15, 0.2) is 34.3 Å². The molecule has 1 aliphatic heterocycles. The van der Waals surface area contributed by atoms with Crippen LogP contribution >= 0.6 is 22.9 Å². The number of carbonyl (C=O) groups is 1. The molecule has 9 heteroatoms. The van der Waals surface area contributed by atoms with Crippen molar-refractivity contribution in [2.45, 2.75) is 6.54 Å². The molecule has 4 heterocycles. The van der Waals surface area contributed by atoms with Crippen molar-refractivity contribution in [1.82, 2.24) is 24.9 Å². The maximum Gasteiger partial charge on any atom is 0.270 e. The maximum absolute atomic E-state index is 12.4. The first-order valence-electron chi connectivity index (χ1n) is 7.91. The number of rotatable bonds is 4. The Hall–Kier alpha value is -2.16. The van der Waals surface area contributed by atoms with Crippen LogP contribution in [0.3, 0.4) is 0 Å². The Balaban J connectivity index is 1.32. The number of thiophene rings is 1. The third-order valence-corrected chi connectivity index (χ3v) is 5.18. The Morgan fingerprint density at radius 1 is 1.36 bits per heavy atom. The first kappa shape index (κ1) is 16.3. The molecule has 0 unspecified atom stereocenters. The van der Waals surface area contributed by atoms with E-state index in [9.17, 15) is 4.79 Å². The van der Waals surface area contributed by atoms with Gasteiger partial charge in [0.05, 0.1) is 16.4 Å². The topological polar surface area (TPSA) is 78.3 Å². The normalized spacial score (nSPS) is 15.6. The van der Waals surface area contributed by atoms with Crippen molar-refractivity contribution in [2.75, 3.05) is 26.2 Å². The zero-order valence-electron chi connectivity index (χ0n) is 13.3. The molecule has 1 saturated heterocycles. The molecular formula is C16H16ClN5O2S. The van der Waals surface area contributed by atoms with Crippen LogP contribution in [-0.4, -0.2) is 57.0 Å². The minimum absolute atomic E-state index is 0.0221. The summed E-state index contributed by atoms with van der Waals surface area (Å²) in [6, 6.07) is 5.57. The molecule has 1 aliphatic rings. The van der Waals surface area contributed by atoms with E-state index in [0.717, 1.165) is 18.0 Å². The number of nitrogens with zero attached hydrogens (tertiary/aromatic N) is 4. The number of H-pyrrole nitrogens is 1. The van der Waals surface area contributed by atoms with Crippen molar-refractivity contribution in [3.63, 3.8) is 0 Å². The van der Waals surface area contributed by atoms with E-state index in [0.29, 0.717) is 42.1 Å². The second-order valence-electron chi connectivity index (χ2n) is 5.79. The zero-order chi connectivity index (χ0) is 17.2. The third-order valence-electron chi connectivity index (χ3n) is 4.10. The van der Waals surface area contributed by atoms with Crippen molar-refractivity contribution >= 4 is 28.8 Å². The highest BCUT2D eigenvalue weighted by Gasteiger charge is 2.24. The fraction of sp³-hybridized carbons (Fsp3) is 0.312. The molecule has 3 aromatic heterocycles. The molecule has 3 aromatic rings. The Labute approximate surface area is 153 Å². The number of halogens is 1. The van der Waals surface area contributed by atoms with Gasteiger partial charge in [-0.2, -0.15) is 4.98 Å². The predicted octanol–water partition coefficient (Wildman–Crippen LogP) is 2.74. The summed E-state index contributed by atoms with van der Waals surface area (Å²) in [5, 5.41) is 6.57. The zero-order valence-corrected chi connectivity index (χ0v) is 14.9. The molecule has 1 amide bonds. The van der Waals surface area contributed by atoms with Crippen molar-refractivity contribution < 1.29 is 9.32 Å². The highest BCUT2D eigenvalue weighted by atomic mass is 35.5. The van der Waals surface area contributed by atoms with E-state index in [1.165, 1.54) is 0 Å². The van der Waals surface area contributed by atoms with Gasteiger partial charge in [-0.15, -0.1) is 11.3 Å². The van der Waals surface area contributed by atoms with Crippen LogP contribution in [0.5, 0.6) is 0 Å². The van der Waals surface area contributed by atoms with E-state index < -0.39 is 0 Å². The van der Waals surface area contributed by atoms with Gasteiger partial charge >= 0.3 is 0 Å². The molecule has 130 valence electrons. The van der Waals surface area contributed by atoms with Gasteiger partial charge in [-0.05, 0) is 17.5 Å². The van der Waals surface area contributed by atoms with Gasteiger partial charge in [-0.1, -0.05) is 22.8 Å². The number of hydrogen-bond acceptors (Lipinski definition) is 6. The van der Waals surface area contributed by atoms with Crippen molar-refractivity contribution in [2.24, 2.45) is 0 Å². The van der Waals surface area contributed by atoms with Crippen molar-refractivity contribution in [1.29, 1.82) is 0 Å². The largest absolute Gasteiger partial charge is 0.356 e. The quantitative estimate of drug-likeness (QED) is 0.756. The monoisotopic (exact) mass is 377 g/mol. The van der Waals surface area contributed by atoms with E-state index in [1.807, 2.05) is 22.4 Å². The number of nitrogens with one attached hydrogen (secondary N) is 1. The lowest BCUT2D eigenvalue weighted by atomic mass is 10.2. The number of aromatic nitrogens is 3. The highest BCUT2D eigenvalue weighted by Crippen LogP contribution is 2.23. The van der Waals surface area contributed by atoms with Gasteiger partial charge in [0, 0.05) is 32.4 Å². The molecule has 0 bridgehead atoms. The van der Waals surface area contributed by atoms with Crippen LogP contribution < -0.4 is 0 Å². The highest BCUT2D eigenvalue weighted by molar-refractivity contribution is 7.13. The molecule has 7 nitrogen and oxygen atoms in total. The van der Waals surface area contributed by atoms with Crippen LogP contribution in [0.2, 0.25) is 5.02 Å². The minimum atomic E-state index is -0.0221. The molecule has 0 atom stereocenters. The van der Waals surface area contributed by atoms with Crippen LogP contribution in [0.1, 0.15) is 16.3 Å². The van der Waals surface area contributed by atoms with E-state index >= 15 is 0 Å². The molecular weight excluding hydrogens is 362 g/mol. The number of piperazine rings is 1. The number of carbonyl (C=O) groups excluding carboxylic acids is 1. The second-order valence-corrected chi connectivity index (χ2v) is 7.18. The fourth-order valence-corrected chi connectivity index (χ4v) is 3.60. The van der Waals surface area contributed by atoms with Gasteiger partial charge in [0.15, 0.2) is 5.82 Å². The lowest BCUT2D eigenvalue weighted by molar-refractivity contribution is 0.0619. The van der Waals surface area contributed by atoms with Gasteiger partial charge < -0.3 is 14.4 Å². The molecule has 1 N–H and O–H groups in total. The van der Waals surface area contributed by atoms with Crippen LogP contribution in [0, 0.1) is 0 Å². The van der Waals surface area contributed by atoms with E-state index in [2.05, 4.69) is 20.0 Å². The maximum atomic E-state index is 12.4. The van der Waals surface area contributed by atoms with Crippen LogP contribution in [0.25, 0.3) is 10.8 Å². The standard InChI is InChI=1S/C16H16ClN5O2S/c17-11-8-12(18-9-11)16(23)22-5-3-21(4-6-22)10-14-19-15(24-20-14)13-2-1-7-25-13/h1-2,7-9,18H,3-6,10H2. The van der Waals surface area contributed by atoms with Crippen molar-refractivity contribution in [3.8, 4) is 10.8 Å². The summed E-state index contributed by atoms with van der Waals surface area (Å²) in [5.74, 6) is 1.20. The summed E-state index contributed by atoms with van der Waals surface area (Å²) < 4.78 is 5.31. The Bertz CT molecular complexity index is 852. The third kappa shape index (κ3) is 3.60. The van der Waals surface area contributed by atoms with Gasteiger partial charge in [0.25, 0.3) is 11.8 Å². The summed E-state index contributed by atoms with van der Waals surface area (Å²) in [6.07, 6.45) is 1.62. The van der Waals surface area contributed by atoms with E-state index in [1.54, 1.807) is 23.6 Å².